The molecule has 0 aromatic heterocycles. The summed E-state index contributed by atoms with van der Waals surface area (Å²) in [5.41, 5.74) is 0.434. The van der Waals surface area contributed by atoms with Crippen LogP contribution in [0.15, 0.2) is 30.0 Å². The van der Waals surface area contributed by atoms with Crippen molar-refractivity contribution in [2.75, 3.05) is 31.7 Å². The zero-order chi connectivity index (χ0) is 16.7. The van der Waals surface area contributed by atoms with Gasteiger partial charge in [0.1, 0.15) is 13.2 Å². The monoisotopic (exact) mass is 323 g/mol. The number of benzene rings is 1. The van der Waals surface area contributed by atoms with Crippen molar-refractivity contribution in [1.82, 2.24) is 0 Å². The highest BCUT2D eigenvalue weighted by molar-refractivity contribution is 6.14. The number of carbonyl (C=O) groups excluding carboxylic acids is 2. The molecule has 0 fully saturated rings. The molecule has 0 saturated carbocycles. The molecule has 7 nitrogen and oxygen atoms in total. The van der Waals surface area contributed by atoms with E-state index in [1.165, 1.54) is 6.20 Å². The predicted molar refractivity (Wildman–Crippen MR) is 84.5 cm³/mol. The molecule has 1 aromatic rings. The lowest BCUT2D eigenvalue weighted by molar-refractivity contribution is -0.146. The average Bonchev–Trinajstić information content (AvgIpc) is 2.55. The van der Waals surface area contributed by atoms with Crippen molar-refractivity contribution in [3.8, 4) is 11.5 Å². The summed E-state index contributed by atoms with van der Waals surface area (Å²) < 4.78 is 20.6. The van der Waals surface area contributed by atoms with Gasteiger partial charge in [-0.1, -0.05) is 0 Å². The molecule has 0 saturated heterocycles. The van der Waals surface area contributed by atoms with E-state index in [0.717, 1.165) is 0 Å². The van der Waals surface area contributed by atoms with Gasteiger partial charge in [-0.3, -0.25) is 0 Å². The molecule has 1 aliphatic rings. The average molecular weight is 323 g/mol. The second-order valence-corrected chi connectivity index (χ2v) is 4.50. The molecule has 0 bridgehead atoms. The number of hydrogen-bond donors (Lipinski definition) is 1. The molecule has 1 heterocycles. The number of rotatable bonds is 6. The molecule has 126 valence electrons. The zero-order valence-electron chi connectivity index (χ0n) is 13.1. The number of hydrogen-bond acceptors (Lipinski definition) is 7. The Morgan fingerprint density at radius 3 is 2.35 bits per heavy atom. The van der Waals surface area contributed by atoms with Crippen LogP contribution in [-0.4, -0.2) is 38.4 Å². The molecule has 23 heavy (non-hydrogen) atoms. The Hall–Kier alpha value is -2.70. The van der Waals surface area contributed by atoms with Gasteiger partial charge in [0.15, 0.2) is 17.1 Å². The van der Waals surface area contributed by atoms with Gasteiger partial charge < -0.3 is 24.3 Å². The Balaban J connectivity index is 0.00000288. The highest BCUT2D eigenvalue weighted by atomic mass is 16.6. The van der Waals surface area contributed by atoms with Crippen LogP contribution in [-0.2, 0) is 19.1 Å². The van der Waals surface area contributed by atoms with Gasteiger partial charge in [-0.25, -0.2) is 9.59 Å². The third-order valence-electron chi connectivity index (χ3n) is 2.92. The van der Waals surface area contributed by atoms with Crippen molar-refractivity contribution in [3.05, 3.63) is 30.0 Å². The molecule has 0 radical (unpaired) electrons. The number of carbonyl (C=O) groups is 2. The lowest BCUT2D eigenvalue weighted by atomic mass is 10.2. The van der Waals surface area contributed by atoms with Gasteiger partial charge >= 0.3 is 11.9 Å². The third kappa shape index (κ3) is 4.38. The minimum Gasteiger partial charge on any atom is -0.486 e. The SMILES string of the molecule is CCOC(=O)C(=CNc1ccc2c(c1)OCCO2)C(=O)OCC.[HH]. The van der Waals surface area contributed by atoms with Crippen molar-refractivity contribution >= 4 is 17.6 Å². The van der Waals surface area contributed by atoms with Crippen molar-refractivity contribution in [3.63, 3.8) is 0 Å². The van der Waals surface area contributed by atoms with Crippen LogP contribution in [0, 0.1) is 0 Å². The van der Waals surface area contributed by atoms with E-state index in [2.05, 4.69) is 5.32 Å². The first-order valence-electron chi connectivity index (χ1n) is 7.36. The molecule has 0 atom stereocenters. The van der Waals surface area contributed by atoms with Gasteiger partial charge in [0.2, 0.25) is 0 Å². The van der Waals surface area contributed by atoms with Crippen molar-refractivity contribution in [2.24, 2.45) is 0 Å². The number of esters is 2. The van der Waals surface area contributed by atoms with Crippen LogP contribution >= 0.6 is 0 Å². The standard InChI is InChI=1S/C16H19NO6.H2/c1-3-20-15(18)12(16(19)21-4-2)10-17-11-5-6-13-14(9-11)23-8-7-22-13;/h5-6,9-10,17H,3-4,7-8H2,1-2H3;1H. The molecule has 0 aliphatic carbocycles. The lowest BCUT2D eigenvalue weighted by Crippen LogP contribution is -2.19. The Morgan fingerprint density at radius 2 is 1.74 bits per heavy atom. The Labute approximate surface area is 135 Å². The van der Waals surface area contributed by atoms with Crippen molar-refractivity contribution in [2.45, 2.75) is 13.8 Å². The summed E-state index contributed by atoms with van der Waals surface area (Å²) in [6.45, 7) is 4.64. The second kappa shape index (κ2) is 8.07. The molecule has 0 spiro atoms. The normalized spacial score (nSPS) is 12.1. The Morgan fingerprint density at radius 1 is 1.13 bits per heavy atom. The summed E-state index contributed by atoms with van der Waals surface area (Å²) in [7, 11) is 0. The highest BCUT2D eigenvalue weighted by Crippen LogP contribution is 2.32. The number of fused-ring (bicyclic) bond motifs is 1. The largest absolute Gasteiger partial charge is 0.486 e. The fraction of sp³-hybridized carbons (Fsp3) is 0.375. The van der Waals surface area contributed by atoms with Crippen LogP contribution < -0.4 is 14.8 Å². The molecular weight excluding hydrogens is 302 g/mol. The van der Waals surface area contributed by atoms with E-state index in [1.807, 2.05) is 0 Å². The highest BCUT2D eigenvalue weighted by Gasteiger charge is 2.21. The maximum Gasteiger partial charge on any atom is 0.347 e. The van der Waals surface area contributed by atoms with E-state index in [1.54, 1.807) is 32.0 Å². The van der Waals surface area contributed by atoms with Crippen LogP contribution in [0.2, 0.25) is 0 Å². The summed E-state index contributed by atoms with van der Waals surface area (Å²) in [6, 6.07) is 5.22. The zero-order valence-corrected chi connectivity index (χ0v) is 13.1. The topological polar surface area (TPSA) is 83.1 Å². The van der Waals surface area contributed by atoms with E-state index in [4.69, 9.17) is 18.9 Å². The van der Waals surface area contributed by atoms with E-state index < -0.39 is 11.9 Å². The first-order chi connectivity index (χ1) is 11.2. The van der Waals surface area contributed by atoms with E-state index in [0.29, 0.717) is 30.4 Å². The molecule has 1 N–H and O–H groups in total. The second-order valence-electron chi connectivity index (χ2n) is 4.50. The summed E-state index contributed by atoms with van der Waals surface area (Å²) in [6.07, 6.45) is 1.27. The van der Waals surface area contributed by atoms with Crippen LogP contribution in [0.3, 0.4) is 0 Å². The number of ether oxygens (including phenoxy) is 4. The van der Waals surface area contributed by atoms with Gasteiger partial charge in [-0.05, 0) is 26.0 Å². The third-order valence-corrected chi connectivity index (χ3v) is 2.92. The first kappa shape index (κ1) is 16.7. The van der Waals surface area contributed by atoms with Crippen LogP contribution in [0.4, 0.5) is 5.69 Å². The van der Waals surface area contributed by atoms with Gasteiger partial charge in [-0.15, -0.1) is 0 Å². The number of anilines is 1. The van der Waals surface area contributed by atoms with Crippen molar-refractivity contribution < 1.29 is 30.0 Å². The smallest absolute Gasteiger partial charge is 0.347 e. The Bertz CT molecular complexity index is 597. The molecule has 7 heteroatoms. The fourth-order valence-corrected chi connectivity index (χ4v) is 1.91. The summed E-state index contributed by atoms with van der Waals surface area (Å²) in [4.78, 5) is 23.7. The first-order valence-corrected chi connectivity index (χ1v) is 7.36. The number of nitrogens with one attached hydrogen (secondary N) is 1. The molecule has 0 amide bonds. The Kier molecular flexibility index (Phi) is 5.85. The molecular formula is C16H21NO6. The van der Waals surface area contributed by atoms with Gasteiger partial charge in [0, 0.05) is 19.4 Å². The van der Waals surface area contributed by atoms with Crippen LogP contribution in [0.25, 0.3) is 0 Å². The van der Waals surface area contributed by atoms with Crippen LogP contribution in [0.5, 0.6) is 11.5 Å². The fourth-order valence-electron chi connectivity index (χ4n) is 1.91. The summed E-state index contributed by atoms with van der Waals surface area (Å²) in [5, 5.41) is 2.87. The maximum atomic E-state index is 11.8. The van der Waals surface area contributed by atoms with Crippen LogP contribution in [0.1, 0.15) is 15.3 Å². The molecule has 1 aromatic carbocycles. The van der Waals surface area contributed by atoms with Gasteiger partial charge in [0.25, 0.3) is 0 Å². The minimum atomic E-state index is -0.740. The molecule has 0 unspecified atom stereocenters. The predicted octanol–water partition coefficient (Wildman–Crippen LogP) is 2.13. The van der Waals surface area contributed by atoms with Gasteiger partial charge in [-0.2, -0.15) is 0 Å². The lowest BCUT2D eigenvalue weighted by Gasteiger charge is -2.18. The molecule has 2 rings (SSSR count). The molecule has 1 aliphatic heterocycles. The minimum absolute atomic E-state index is 0. The van der Waals surface area contributed by atoms with Crippen molar-refractivity contribution in [1.29, 1.82) is 0 Å². The van der Waals surface area contributed by atoms with E-state index >= 15 is 0 Å². The summed E-state index contributed by atoms with van der Waals surface area (Å²) in [5.74, 6) is -0.225. The quantitative estimate of drug-likeness (QED) is 0.371. The maximum absolute atomic E-state index is 11.8. The van der Waals surface area contributed by atoms with Gasteiger partial charge in [0.05, 0.1) is 13.2 Å². The summed E-state index contributed by atoms with van der Waals surface area (Å²) >= 11 is 0. The van der Waals surface area contributed by atoms with E-state index in [9.17, 15) is 9.59 Å². The van der Waals surface area contributed by atoms with E-state index in [-0.39, 0.29) is 20.2 Å².